The van der Waals surface area contributed by atoms with Crippen molar-refractivity contribution in [2.24, 2.45) is 5.92 Å². The Labute approximate surface area is 67.2 Å². The Hall–Kier alpha value is -0.780. The Morgan fingerprint density at radius 1 is 1.18 bits per heavy atom. The quantitative estimate of drug-likeness (QED) is 0.525. The summed E-state index contributed by atoms with van der Waals surface area (Å²) in [5.74, 6) is 2.80. The lowest BCUT2D eigenvalue weighted by Gasteiger charge is -2.07. The first kappa shape index (κ1) is 5.82. The smallest absolute Gasteiger partial charge is 0.0122 e. The predicted molar refractivity (Wildman–Crippen MR) is 45.7 cm³/mol. The molecule has 1 fully saturated rings. The van der Waals surface area contributed by atoms with Crippen LogP contribution >= 0.6 is 0 Å². The van der Waals surface area contributed by atoms with Crippen LogP contribution in [0.4, 0.5) is 0 Å². The Kier molecular flexibility index (Phi) is 0.892. The van der Waals surface area contributed by atoms with Crippen LogP contribution in [0.2, 0.25) is 0 Å². The molecule has 0 unspecified atom stereocenters. The van der Waals surface area contributed by atoms with Crippen LogP contribution in [0.15, 0.2) is 24.3 Å². The summed E-state index contributed by atoms with van der Waals surface area (Å²) in [6.07, 6.45) is 1.46. The van der Waals surface area contributed by atoms with E-state index in [0.29, 0.717) is 0 Å². The van der Waals surface area contributed by atoms with Crippen molar-refractivity contribution in [2.45, 2.75) is 25.2 Å². The minimum atomic E-state index is 0.844. The van der Waals surface area contributed by atoms with Crippen LogP contribution in [-0.4, -0.2) is 0 Å². The van der Waals surface area contributed by atoms with E-state index in [1.54, 1.807) is 11.1 Å². The van der Waals surface area contributed by atoms with Crippen LogP contribution in [0.5, 0.6) is 0 Å². The molecular weight excluding hydrogens is 132 g/mol. The van der Waals surface area contributed by atoms with Crippen LogP contribution in [0.1, 0.15) is 36.3 Å². The van der Waals surface area contributed by atoms with Crippen molar-refractivity contribution in [3.8, 4) is 0 Å². The van der Waals surface area contributed by atoms with Crippen molar-refractivity contribution in [3.05, 3.63) is 35.4 Å². The van der Waals surface area contributed by atoms with Gasteiger partial charge in [-0.15, -0.1) is 0 Å². The highest BCUT2D eigenvalue weighted by molar-refractivity contribution is 5.44. The van der Waals surface area contributed by atoms with Gasteiger partial charge in [0.2, 0.25) is 0 Å². The Bertz CT molecular complexity index is 286. The number of hydrogen-bond donors (Lipinski definition) is 0. The molecule has 2 aliphatic carbocycles. The molecule has 0 heterocycles. The first-order chi connectivity index (χ1) is 5.38. The van der Waals surface area contributed by atoms with E-state index in [9.17, 15) is 0 Å². The fraction of sp³-hybridized carbons (Fsp3) is 0.455. The average Bonchev–Trinajstić information content (AvgIpc) is 2.78. The van der Waals surface area contributed by atoms with Crippen LogP contribution < -0.4 is 0 Å². The van der Waals surface area contributed by atoms with E-state index in [1.807, 2.05) is 0 Å². The minimum Gasteiger partial charge on any atom is -0.0620 e. The molecule has 1 saturated carbocycles. The number of rotatable bonds is 0. The van der Waals surface area contributed by atoms with Crippen molar-refractivity contribution in [2.75, 3.05) is 0 Å². The first-order valence-corrected chi connectivity index (χ1v) is 4.47. The zero-order valence-corrected chi connectivity index (χ0v) is 6.75. The molecule has 1 aromatic rings. The summed E-state index contributed by atoms with van der Waals surface area (Å²) < 4.78 is 0. The van der Waals surface area contributed by atoms with Gasteiger partial charge in [0.05, 0.1) is 0 Å². The zero-order chi connectivity index (χ0) is 7.42. The van der Waals surface area contributed by atoms with Crippen LogP contribution in [0.25, 0.3) is 0 Å². The van der Waals surface area contributed by atoms with Gasteiger partial charge in [0.1, 0.15) is 0 Å². The van der Waals surface area contributed by atoms with Gasteiger partial charge in [0.25, 0.3) is 0 Å². The number of fused-ring (bicyclic) bond motifs is 3. The second-order valence-corrected chi connectivity index (χ2v) is 3.92. The fourth-order valence-corrected chi connectivity index (χ4v) is 2.62. The second-order valence-electron chi connectivity index (χ2n) is 3.92. The third-order valence-electron chi connectivity index (χ3n) is 3.37. The van der Waals surface area contributed by atoms with Gasteiger partial charge < -0.3 is 0 Å². The van der Waals surface area contributed by atoms with Gasteiger partial charge in [0, 0.05) is 0 Å². The van der Waals surface area contributed by atoms with Gasteiger partial charge in [-0.2, -0.15) is 0 Å². The zero-order valence-electron chi connectivity index (χ0n) is 6.75. The van der Waals surface area contributed by atoms with E-state index < -0.39 is 0 Å². The third-order valence-corrected chi connectivity index (χ3v) is 3.37. The van der Waals surface area contributed by atoms with Gasteiger partial charge in [-0.1, -0.05) is 31.2 Å². The molecule has 56 valence electrons. The van der Waals surface area contributed by atoms with Crippen molar-refractivity contribution < 1.29 is 0 Å². The summed E-state index contributed by atoms with van der Waals surface area (Å²) in [5.41, 5.74) is 3.26. The van der Waals surface area contributed by atoms with E-state index >= 15 is 0 Å². The number of hydrogen-bond acceptors (Lipinski definition) is 0. The normalized spacial score (nSPS) is 38.1. The molecule has 0 nitrogen and oxygen atoms in total. The molecule has 0 bridgehead atoms. The monoisotopic (exact) mass is 144 g/mol. The molecule has 3 atom stereocenters. The lowest BCUT2D eigenvalue weighted by Crippen LogP contribution is -1.91. The second kappa shape index (κ2) is 1.69. The van der Waals surface area contributed by atoms with Crippen LogP contribution in [0.3, 0.4) is 0 Å². The standard InChI is InChI=1S/C11H12/c1-7-8-4-2-3-5-9(8)11-6-10(7)11/h2-5,7,10-11H,6H2,1H3/t7-,10+,11+/m1/s1. The molecule has 0 aliphatic heterocycles. The van der Waals surface area contributed by atoms with Crippen LogP contribution in [0, 0.1) is 5.92 Å². The Morgan fingerprint density at radius 2 is 1.91 bits per heavy atom. The lowest BCUT2D eigenvalue weighted by molar-refractivity contribution is 0.686. The van der Waals surface area contributed by atoms with Crippen LogP contribution in [-0.2, 0) is 0 Å². The molecule has 1 aromatic carbocycles. The summed E-state index contributed by atoms with van der Waals surface area (Å²) in [5, 5.41) is 0. The maximum Gasteiger partial charge on any atom is -0.0122 e. The molecular formula is C11H12. The number of benzene rings is 1. The van der Waals surface area contributed by atoms with Gasteiger partial charge >= 0.3 is 0 Å². The SMILES string of the molecule is C[C@@H]1c2ccccc2[C@@H]2C[C@@H]12. The topological polar surface area (TPSA) is 0 Å². The highest BCUT2D eigenvalue weighted by atomic mass is 14.5. The van der Waals surface area contributed by atoms with Crippen molar-refractivity contribution in [3.63, 3.8) is 0 Å². The summed E-state index contributed by atoms with van der Waals surface area (Å²) in [6, 6.07) is 8.95. The highest BCUT2D eigenvalue weighted by Crippen LogP contribution is 2.62. The van der Waals surface area contributed by atoms with Gasteiger partial charge in [-0.05, 0) is 35.3 Å². The molecule has 2 aliphatic rings. The van der Waals surface area contributed by atoms with Crippen molar-refractivity contribution in [1.82, 2.24) is 0 Å². The molecule has 0 radical (unpaired) electrons. The van der Waals surface area contributed by atoms with Gasteiger partial charge in [-0.25, -0.2) is 0 Å². The first-order valence-electron chi connectivity index (χ1n) is 4.47. The Morgan fingerprint density at radius 3 is 2.64 bits per heavy atom. The molecule has 0 saturated heterocycles. The maximum atomic E-state index is 2.37. The molecule has 0 amide bonds. The predicted octanol–water partition coefficient (Wildman–Crippen LogP) is 2.91. The molecule has 0 heteroatoms. The van der Waals surface area contributed by atoms with E-state index in [2.05, 4.69) is 31.2 Å². The molecule has 0 aromatic heterocycles. The van der Waals surface area contributed by atoms with E-state index in [4.69, 9.17) is 0 Å². The van der Waals surface area contributed by atoms with E-state index in [0.717, 1.165) is 17.8 Å². The minimum absolute atomic E-state index is 0.844. The summed E-state index contributed by atoms with van der Waals surface area (Å²) in [6.45, 7) is 2.37. The molecule has 0 spiro atoms. The fourth-order valence-electron chi connectivity index (χ4n) is 2.62. The average molecular weight is 144 g/mol. The maximum absolute atomic E-state index is 2.37. The van der Waals surface area contributed by atoms with Crippen molar-refractivity contribution >= 4 is 0 Å². The molecule has 3 rings (SSSR count). The lowest BCUT2D eigenvalue weighted by atomic mass is 9.98. The molecule has 0 N–H and O–H groups in total. The highest BCUT2D eigenvalue weighted by Gasteiger charge is 2.49. The summed E-state index contributed by atoms with van der Waals surface area (Å²) >= 11 is 0. The largest absolute Gasteiger partial charge is 0.0620 e. The van der Waals surface area contributed by atoms with E-state index in [-0.39, 0.29) is 0 Å². The van der Waals surface area contributed by atoms with Gasteiger partial charge in [0.15, 0.2) is 0 Å². The van der Waals surface area contributed by atoms with Gasteiger partial charge in [-0.3, -0.25) is 0 Å². The third kappa shape index (κ3) is 0.604. The summed E-state index contributed by atoms with van der Waals surface area (Å²) in [7, 11) is 0. The summed E-state index contributed by atoms with van der Waals surface area (Å²) in [4.78, 5) is 0. The van der Waals surface area contributed by atoms with Crippen molar-refractivity contribution in [1.29, 1.82) is 0 Å². The van der Waals surface area contributed by atoms with E-state index in [1.165, 1.54) is 6.42 Å². The Balaban J connectivity index is 2.22. The molecule has 11 heavy (non-hydrogen) atoms.